The number of benzene rings is 1. The van der Waals surface area contributed by atoms with Gasteiger partial charge in [-0.05, 0) is 31.9 Å². The van der Waals surface area contributed by atoms with Crippen molar-refractivity contribution in [2.45, 2.75) is 57.8 Å². The average Bonchev–Trinajstić information content (AvgIpc) is 3.13. The van der Waals surface area contributed by atoms with E-state index < -0.39 is 11.0 Å². The van der Waals surface area contributed by atoms with Crippen LogP contribution in [0.2, 0.25) is 0 Å². The molecule has 1 aromatic carbocycles. The van der Waals surface area contributed by atoms with Crippen LogP contribution in [-0.2, 0) is 14.3 Å². The molecule has 3 unspecified atom stereocenters. The molecule has 0 bridgehead atoms. The quantitative estimate of drug-likeness (QED) is 0.779. The van der Waals surface area contributed by atoms with Crippen LogP contribution in [0.1, 0.15) is 40.0 Å². The van der Waals surface area contributed by atoms with Gasteiger partial charge in [-0.3, -0.25) is 4.79 Å². The molecular formula is C20H30N2O4. The summed E-state index contributed by atoms with van der Waals surface area (Å²) < 4.78 is 17.1. The van der Waals surface area contributed by atoms with Crippen LogP contribution in [0.4, 0.5) is 5.69 Å². The van der Waals surface area contributed by atoms with E-state index in [1.54, 1.807) is 0 Å². The maximum Gasteiger partial charge on any atom is 0.245 e. The summed E-state index contributed by atoms with van der Waals surface area (Å²) in [6, 6.07) is 7.40. The van der Waals surface area contributed by atoms with Crippen molar-refractivity contribution in [2.24, 2.45) is 11.1 Å². The number of ether oxygens (including phenoxy) is 3. The molecule has 3 atom stereocenters. The first-order valence-corrected chi connectivity index (χ1v) is 9.43. The molecule has 0 spiro atoms. The minimum atomic E-state index is -0.943. The van der Waals surface area contributed by atoms with E-state index in [2.05, 4.69) is 5.32 Å². The minimum Gasteiger partial charge on any atom is -0.491 e. The van der Waals surface area contributed by atoms with Crippen LogP contribution in [0.3, 0.4) is 0 Å². The number of carbonyl (C=O) groups excluding carboxylic acids is 1. The summed E-state index contributed by atoms with van der Waals surface area (Å²) >= 11 is 0. The largest absolute Gasteiger partial charge is 0.491 e. The molecule has 1 amide bonds. The molecule has 1 aliphatic carbocycles. The highest BCUT2D eigenvalue weighted by Crippen LogP contribution is 2.50. The topological polar surface area (TPSA) is 82.8 Å². The summed E-state index contributed by atoms with van der Waals surface area (Å²) in [5.74, 6) is 0.527. The molecule has 3 N–H and O–H groups in total. The Labute approximate surface area is 155 Å². The minimum absolute atomic E-state index is 0.00401. The highest BCUT2D eigenvalue weighted by molar-refractivity contribution is 5.99. The first-order valence-electron chi connectivity index (χ1n) is 9.43. The Morgan fingerprint density at radius 3 is 2.88 bits per heavy atom. The van der Waals surface area contributed by atoms with Crippen LogP contribution in [0, 0.1) is 5.41 Å². The van der Waals surface area contributed by atoms with Gasteiger partial charge in [0.15, 0.2) is 0 Å². The molecule has 1 aromatic rings. The zero-order valence-corrected chi connectivity index (χ0v) is 15.9. The van der Waals surface area contributed by atoms with Crippen LogP contribution in [0.25, 0.3) is 0 Å². The first-order chi connectivity index (χ1) is 12.4. The van der Waals surface area contributed by atoms with E-state index in [0.29, 0.717) is 31.1 Å². The molecule has 6 heteroatoms. The molecular weight excluding hydrogens is 332 g/mol. The van der Waals surface area contributed by atoms with Crippen molar-refractivity contribution < 1.29 is 19.0 Å². The van der Waals surface area contributed by atoms with Crippen LogP contribution in [0.15, 0.2) is 24.3 Å². The summed E-state index contributed by atoms with van der Waals surface area (Å²) in [6.45, 7) is 7.88. The fourth-order valence-corrected chi connectivity index (χ4v) is 3.69. The van der Waals surface area contributed by atoms with Crippen molar-refractivity contribution in [1.82, 2.24) is 0 Å². The smallest absolute Gasteiger partial charge is 0.245 e. The zero-order chi connectivity index (χ0) is 18.8. The van der Waals surface area contributed by atoms with Gasteiger partial charge < -0.3 is 25.3 Å². The van der Waals surface area contributed by atoms with Gasteiger partial charge in [-0.2, -0.15) is 0 Å². The number of carbonyl (C=O) groups is 1. The number of amides is 1. The molecule has 1 saturated heterocycles. The van der Waals surface area contributed by atoms with Gasteiger partial charge in [0.25, 0.3) is 0 Å². The lowest BCUT2D eigenvalue weighted by atomic mass is 9.54. The fraction of sp³-hybridized carbons (Fsp3) is 0.650. The maximum atomic E-state index is 12.8. The lowest BCUT2D eigenvalue weighted by molar-refractivity contribution is -0.166. The van der Waals surface area contributed by atoms with Gasteiger partial charge in [-0.1, -0.05) is 19.9 Å². The van der Waals surface area contributed by atoms with E-state index in [0.717, 1.165) is 19.4 Å². The predicted molar refractivity (Wildman–Crippen MR) is 100 cm³/mol. The van der Waals surface area contributed by atoms with Crippen molar-refractivity contribution in [3.63, 3.8) is 0 Å². The summed E-state index contributed by atoms with van der Waals surface area (Å²) in [5, 5.41) is 2.94. The van der Waals surface area contributed by atoms with Crippen molar-refractivity contribution in [3.05, 3.63) is 24.3 Å². The summed E-state index contributed by atoms with van der Waals surface area (Å²) in [7, 11) is 0. The van der Waals surface area contributed by atoms with Gasteiger partial charge in [0, 0.05) is 36.8 Å². The van der Waals surface area contributed by atoms with Crippen LogP contribution in [-0.4, -0.2) is 43.5 Å². The molecule has 2 aliphatic rings. The molecule has 6 nitrogen and oxygen atoms in total. The Hall–Kier alpha value is -1.63. The van der Waals surface area contributed by atoms with Crippen molar-refractivity contribution in [1.29, 1.82) is 0 Å². The standard InChI is InChI=1S/C20H30N2O4/c1-4-24-17-12-20(21,19(17,2)3)18(23)22-14-7-5-8-15(11-14)26-13-16-9-6-10-25-16/h5,7-8,11,16-17H,4,6,9-10,12-13,21H2,1-3H3,(H,22,23). The molecule has 1 aliphatic heterocycles. The second-order valence-electron chi connectivity index (χ2n) is 7.77. The van der Waals surface area contributed by atoms with E-state index in [1.807, 2.05) is 45.0 Å². The lowest BCUT2D eigenvalue weighted by Crippen LogP contribution is -2.74. The predicted octanol–water partition coefficient (Wildman–Crippen LogP) is 2.72. The molecule has 1 heterocycles. The second kappa shape index (κ2) is 7.55. The van der Waals surface area contributed by atoms with Gasteiger partial charge in [-0.15, -0.1) is 0 Å². The van der Waals surface area contributed by atoms with E-state index >= 15 is 0 Å². The Bertz CT molecular complexity index is 642. The summed E-state index contributed by atoms with van der Waals surface area (Å²) in [6.07, 6.45) is 2.80. The molecule has 2 fully saturated rings. The normalized spacial score (nSPS) is 29.8. The fourth-order valence-electron chi connectivity index (χ4n) is 3.69. The lowest BCUT2D eigenvalue weighted by Gasteiger charge is -2.57. The van der Waals surface area contributed by atoms with Crippen molar-refractivity contribution in [2.75, 3.05) is 25.1 Å². The Morgan fingerprint density at radius 1 is 1.42 bits per heavy atom. The number of nitrogens with one attached hydrogen (secondary N) is 1. The van der Waals surface area contributed by atoms with Crippen molar-refractivity contribution in [3.8, 4) is 5.75 Å². The highest BCUT2D eigenvalue weighted by atomic mass is 16.5. The monoisotopic (exact) mass is 362 g/mol. The van der Waals surface area contributed by atoms with Crippen molar-refractivity contribution >= 4 is 11.6 Å². The number of rotatable bonds is 7. The van der Waals surface area contributed by atoms with Crippen LogP contribution >= 0.6 is 0 Å². The summed E-state index contributed by atoms with van der Waals surface area (Å²) in [5.41, 5.74) is 5.75. The van der Waals surface area contributed by atoms with Gasteiger partial charge in [-0.25, -0.2) is 0 Å². The van der Waals surface area contributed by atoms with Gasteiger partial charge in [0.1, 0.15) is 17.9 Å². The maximum absolute atomic E-state index is 12.8. The third-order valence-corrected chi connectivity index (χ3v) is 5.79. The zero-order valence-electron chi connectivity index (χ0n) is 15.9. The van der Waals surface area contributed by atoms with Crippen LogP contribution < -0.4 is 15.8 Å². The number of nitrogens with two attached hydrogens (primary N) is 1. The molecule has 144 valence electrons. The molecule has 1 saturated carbocycles. The van der Waals surface area contributed by atoms with E-state index in [1.165, 1.54) is 0 Å². The van der Waals surface area contributed by atoms with E-state index in [-0.39, 0.29) is 18.1 Å². The number of anilines is 1. The van der Waals surface area contributed by atoms with Gasteiger partial charge in [0.2, 0.25) is 5.91 Å². The number of hydrogen-bond donors (Lipinski definition) is 2. The molecule has 0 radical (unpaired) electrons. The Morgan fingerprint density at radius 2 is 2.23 bits per heavy atom. The molecule has 26 heavy (non-hydrogen) atoms. The van der Waals surface area contributed by atoms with Gasteiger partial charge in [0.05, 0.1) is 12.2 Å². The highest BCUT2D eigenvalue weighted by Gasteiger charge is 2.62. The average molecular weight is 362 g/mol. The van der Waals surface area contributed by atoms with Crippen LogP contribution in [0.5, 0.6) is 5.75 Å². The summed E-state index contributed by atoms with van der Waals surface area (Å²) in [4.78, 5) is 12.8. The van der Waals surface area contributed by atoms with Gasteiger partial charge >= 0.3 is 0 Å². The Kier molecular flexibility index (Phi) is 5.55. The third kappa shape index (κ3) is 3.59. The second-order valence-corrected chi connectivity index (χ2v) is 7.77. The molecule has 0 aromatic heterocycles. The Balaban J connectivity index is 1.60. The first kappa shape index (κ1) is 19.1. The van der Waals surface area contributed by atoms with E-state index in [9.17, 15) is 4.79 Å². The number of hydrogen-bond acceptors (Lipinski definition) is 5. The van der Waals surface area contributed by atoms with E-state index in [4.69, 9.17) is 19.9 Å². The SMILES string of the molecule is CCOC1CC(N)(C(=O)Nc2cccc(OCC3CCCO3)c2)C1(C)C. The third-order valence-electron chi connectivity index (χ3n) is 5.79. The molecule has 3 rings (SSSR count).